The van der Waals surface area contributed by atoms with Crippen molar-refractivity contribution in [1.29, 1.82) is 0 Å². The van der Waals surface area contributed by atoms with Crippen molar-refractivity contribution in [3.8, 4) is 0 Å². The fraction of sp³-hybridized carbons (Fsp3) is 0.636. The van der Waals surface area contributed by atoms with Crippen LogP contribution in [-0.2, 0) is 11.3 Å². The Morgan fingerprint density at radius 1 is 1.21 bits per heavy atom. The molecule has 1 aromatic carbocycles. The molecule has 1 amide bonds. The second-order valence-corrected chi connectivity index (χ2v) is 9.50. The Morgan fingerprint density at radius 3 is 2.28 bits per heavy atom. The van der Waals surface area contributed by atoms with Crippen LogP contribution in [0.15, 0.2) is 23.2 Å². The maximum absolute atomic E-state index is 12.7. The summed E-state index contributed by atoms with van der Waals surface area (Å²) in [5.41, 5.74) is 2.57. The van der Waals surface area contributed by atoms with Gasteiger partial charge in [-0.05, 0) is 78.5 Å². The summed E-state index contributed by atoms with van der Waals surface area (Å²) < 4.78 is 5.63. The van der Waals surface area contributed by atoms with Crippen LogP contribution in [0.2, 0.25) is 0 Å². The second kappa shape index (κ2) is 10.00. The number of halogens is 1. The maximum Gasteiger partial charge on any atom is 0.415 e. The highest BCUT2D eigenvalue weighted by atomic mass is 127. The lowest BCUT2D eigenvalue weighted by atomic mass is 10.1. The number of hydrogen-bond acceptors (Lipinski definition) is 3. The predicted octanol–water partition coefficient (Wildman–Crippen LogP) is 4.98. The zero-order chi connectivity index (χ0) is 21.1. The summed E-state index contributed by atoms with van der Waals surface area (Å²) in [7, 11) is 1.77. The quantitative estimate of drug-likeness (QED) is 0.337. The number of rotatable bonds is 4. The number of aliphatic imine (C=N–C) groups is 1. The molecule has 0 saturated heterocycles. The van der Waals surface area contributed by atoms with Crippen LogP contribution >= 0.6 is 24.0 Å². The number of ether oxygens (including phenoxy) is 1. The van der Waals surface area contributed by atoms with Gasteiger partial charge < -0.3 is 15.4 Å². The minimum atomic E-state index is -0.502. The number of benzene rings is 1. The Morgan fingerprint density at radius 2 is 1.83 bits per heavy atom. The van der Waals surface area contributed by atoms with Crippen LogP contribution in [0.3, 0.4) is 0 Å². The minimum absolute atomic E-state index is 0. The van der Waals surface area contributed by atoms with Crippen LogP contribution < -0.4 is 15.5 Å². The lowest BCUT2D eigenvalue weighted by molar-refractivity contribution is 0.0577. The van der Waals surface area contributed by atoms with Gasteiger partial charge in [0.2, 0.25) is 0 Å². The Kier molecular flexibility index (Phi) is 8.80. The zero-order valence-electron chi connectivity index (χ0n) is 19.0. The van der Waals surface area contributed by atoms with Crippen LogP contribution in [0, 0.1) is 6.92 Å². The molecule has 1 fully saturated rings. The van der Waals surface area contributed by atoms with Crippen molar-refractivity contribution in [3.63, 3.8) is 0 Å². The van der Waals surface area contributed by atoms with E-state index in [0.29, 0.717) is 6.54 Å². The highest BCUT2D eigenvalue weighted by Crippen LogP contribution is 2.35. The molecular weight excluding hydrogens is 479 g/mol. The molecule has 0 aromatic heterocycles. The van der Waals surface area contributed by atoms with Gasteiger partial charge in [-0.1, -0.05) is 12.1 Å². The minimum Gasteiger partial charge on any atom is -0.443 e. The molecule has 1 saturated carbocycles. The number of carbonyl (C=O) groups is 1. The first-order valence-electron chi connectivity index (χ1n) is 10.0. The summed E-state index contributed by atoms with van der Waals surface area (Å²) in [6, 6.07) is 6.44. The van der Waals surface area contributed by atoms with Gasteiger partial charge >= 0.3 is 6.09 Å². The van der Waals surface area contributed by atoms with Crippen molar-refractivity contribution in [2.45, 2.75) is 85.0 Å². The molecule has 0 heterocycles. The highest BCUT2D eigenvalue weighted by Gasteiger charge is 2.37. The van der Waals surface area contributed by atoms with Crippen LogP contribution in [0.4, 0.5) is 10.5 Å². The molecule has 164 valence electrons. The molecule has 2 rings (SSSR count). The normalized spacial score (nSPS) is 14.7. The molecule has 6 nitrogen and oxygen atoms in total. The summed E-state index contributed by atoms with van der Waals surface area (Å²) >= 11 is 0. The molecule has 0 spiro atoms. The van der Waals surface area contributed by atoms with E-state index in [0.717, 1.165) is 35.6 Å². The smallest absolute Gasteiger partial charge is 0.415 e. The van der Waals surface area contributed by atoms with Crippen molar-refractivity contribution in [2.75, 3.05) is 11.9 Å². The second-order valence-electron chi connectivity index (χ2n) is 9.50. The molecule has 29 heavy (non-hydrogen) atoms. The molecular formula is C22H37IN4O2. The maximum atomic E-state index is 12.7. The molecule has 1 aliphatic rings. The molecule has 1 aromatic rings. The van der Waals surface area contributed by atoms with E-state index in [2.05, 4.69) is 48.5 Å². The van der Waals surface area contributed by atoms with Crippen molar-refractivity contribution in [1.82, 2.24) is 10.6 Å². The SMILES string of the molecule is CN=C(NCc1ccc(N(C(=O)OC(C)(C)C)C2CC2)c(C)c1)NC(C)(C)C.I. The number of anilines is 1. The highest BCUT2D eigenvalue weighted by molar-refractivity contribution is 14.0. The summed E-state index contributed by atoms with van der Waals surface area (Å²) in [6.45, 7) is 14.7. The fourth-order valence-electron chi connectivity index (χ4n) is 2.91. The first-order chi connectivity index (χ1) is 12.9. The van der Waals surface area contributed by atoms with Gasteiger partial charge in [0.15, 0.2) is 5.96 Å². The van der Waals surface area contributed by atoms with E-state index in [9.17, 15) is 4.79 Å². The average Bonchev–Trinajstić information content (AvgIpc) is 3.35. The monoisotopic (exact) mass is 516 g/mol. The van der Waals surface area contributed by atoms with Crippen molar-refractivity contribution < 1.29 is 9.53 Å². The number of carbonyl (C=O) groups excluding carboxylic acids is 1. The van der Waals surface area contributed by atoms with Crippen molar-refractivity contribution in [2.24, 2.45) is 4.99 Å². The molecule has 7 heteroatoms. The number of nitrogens with one attached hydrogen (secondary N) is 2. The van der Waals surface area contributed by atoms with E-state index in [1.165, 1.54) is 0 Å². The standard InChI is InChI=1S/C22H36N4O2.HI/c1-15-13-16(14-24-19(23-8)25-21(2,3)4)9-12-18(15)26(17-10-11-17)20(27)28-22(5,6)7;/h9,12-13,17H,10-11,14H2,1-8H3,(H2,23,24,25);1H. The van der Waals surface area contributed by atoms with Crippen LogP contribution in [0.25, 0.3) is 0 Å². The van der Waals surface area contributed by atoms with E-state index in [-0.39, 0.29) is 41.7 Å². The van der Waals surface area contributed by atoms with Gasteiger partial charge in [-0.15, -0.1) is 24.0 Å². The third-order valence-electron chi connectivity index (χ3n) is 4.20. The first-order valence-corrected chi connectivity index (χ1v) is 10.0. The molecule has 0 unspecified atom stereocenters. The van der Waals surface area contributed by atoms with Crippen LogP contribution in [-0.4, -0.2) is 36.3 Å². The fourth-order valence-corrected chi connectivity index (χ4v) is 2.91. The summed E-state index contributed by atoms with van der Waals surface area (Å²) in [6.07, 6.45) is 1.78. The molecule has 0 radical (unpaired) electrons. The Labute approximate surface area is 192 Å². The van der Waals surface area contributed by atoms with Crippen LogP contribution in [0.5, 0.6) is 0 Å². The Hall–Kier alpha value is -1.51. The Balaban J connectivity index is 0.00000420. The van der Waals surface area contributed by atoms with E-state index in [4.69, 9.17) is 4.74 Å². The van der Waals surface area contributed by atoms with E-state index in [1.807, 2.05) is 38.7 Å². The van der Waals surface area contributed by atoms with Crippen molar-refractivity contribution in [3.05, 3.63) is 29.3 Å². The van der Waals surface area contributed by atoms with Crippen molar-refractivity contribution >= 4 is 41.7 Å². The largest absolute Gasteiger partial charge is 0.443 e. The van der Waals surface area contributed by atoms with Gasteiger partial charge in [0.1, 0.15) is 5.60 Å². The van der Waals surface area contributed by atoms with E-state index < -0.39 is 5.60 Å². The number of guanidine groups is 1. The number of nitrogens with zero attached hydrogens (tertiary/aromatic N) is 2. The summed E-state index contributed by atoms with van der Waals surface area (Å²) in [4.78, 5) is 18.8. The molecule has 2 N–H and O–H groups in total. The zero-order valence-corrected chi connectivity index (χ0v) is 21.4. The average molecular weight is 516 g/mol. The molecule has 1 aliphatic carbocycles. The molecule has 0 bridgehead atoms. The lowest BCUT2D eigenvalue weighted by Crippen LogP contribution is -2.47. The third-order valence-corrected chi connectivity index (χ3v) is 4.20. The molecule has 0 atom stereocenters. The van der Waals surface area contributed by atoms with Crippen LogP contribution in [0.1, 0.15) is 65.5 Å². The van der Waals surface area contributed by atoms with Gasteiger partial charge in [0.25, 0.3) is 0 Å². The summed E-state index contributed by atoms with van der Waals surface area (Å²) in [5, 5.41) is 6.69. The Bertz CT molecular complexity index is 731. The van der Waals surface area contributed by atoms with E-state index in [1.54, 1.807) is 7.05 Å². The van der Waals surface area contributed by atoms with Gasteiger partial charge in [0.05, 0.1) is 5.69 Å². The lowest BCUT2D eigenvalue weighted by Gasteiger charge is -2.28. The van der Waals surface area contributed by atoms with E-state index >= 15 is 0 Å². The topological polar surface area (TPSA) is 66.0 Å². The van der Waals surface area contributed by atoms with Gasteiger partial charge in [-0.25, -0.2) is 4.79 Å². The number of amides is 1. The van der Waals surface area contributed by atoms with Gasteiger partial charge in [-0.3, -0.25) is 9.89 Å². The molecule has 0 aliphatic heterocycles. The summed E-state index contributed by atoms with van der Waals surface area (Å²) in [5.74, 6) is 0.766. The third kappa shape index (κ3) is 8.40. The van der Waals surface area contributed by atoms with Gasteiger partial charge in [-0.2, -0.15) is 0 Å². The number of aryl methyl sites for hydroxylation is 1. The number of hydrogen-bond donors (Lipinski definition) is 2. The predicted molar refractivity (Wildman–Crippen MR) is 131 cm³/mol. The first kappa shape index (κ1) is 25.5. The van der Waals surface area contributed by atoms with Gasteiger partial charge in [0, 0.05) is 25.2 Å².